The van der Waals surface area contributed by atoms with E-state index in [-0.39, 0.29) is 6.54 Å². The summed E-state index contributed by atoms with van der Waals surface area (Å²) in [6.45, 7) is 3.84. The number of unbranched alkanes of at least 4 members (excludes halogenated alkanes) is 6. The Balaban J connectivity index is 4.80. The van der Waals surface area contributed by atoms with Crippen LogP contribution in [0, 0.1) is 22.7 Å². The van der Waals surface area contributed by atoms with Crippen LogP contribution in [-0.2, 0) is 10.0 Å². The minimum Gasteiger partial charge on any atom is -0.211 e. The second kappa shape index (κ2) is 11.5. The lowest BCUT2D eigenvalue weighted by Crippen LogP contribution is -2.45. The number of hydrogen-bond donors (Lipinski definition) is 1. The van der Waals surface area contributed by atoms with Gasteiger partial charge in [0.1, 0.15) is 0 Å². The molecule has 0 aliphatic rings. The standard InChI is InChI=1S/C16H29N3O2S/c1-3-5-7-8-9-10-12-16(15-18,11-6-4-2)22(20,21)19-14-13-17/h19H,3-12,14H2,1-2H3. The van der Waals surface area contributed by atoms with Crippen molar-refractivity contribution in [3.63, 3.8) is 0 Å². The summed E-state index contributed by atoms with van der Waals surface area (Å²) in [5.74, 6) is 0. The molecule has 0 aromatic carbocycles. The third-order valence-electron chi connectivity index (χ3n) is 3.93. The van der Waals surface area contributed by atoms with E-state index in [2.05, 4.69) is 11.6 Å². The Labute approximate surface area is 135 Å². The van der Waals surface area contributed by atoms with Gasteiger partial charge in [0.25, 0.3) is 0 Å². The fourth-order valence-corrected chi connectivity index (χ4v) is 3.96. The van der Waals surface area contributed by atoms with Crippen molar-refractivity contribution in [1.29, 1.82) is 10.5 Å². The van der Waals surface area contributed by atoms with Crippen molar-refractivity contribution in [1.82, 2.24) is 4.72 Å². The van der Waals surface area contributed by atoms with E-state index < -0.39 is 14.8 Å². The van der Waals surface area contributed by atoms with E-state index in [1.165, 1.54) is 12.8 Å². The van der Waals surface area contributed by atoms with Gasteiger partial charge in [0.05, 0.1) is 18.7 Å². The minimum absolute atomic E-state index is 0.283. The molecule has 6 heteroatoms. The van der Waals surface area contributed by atoms with Crippen LogP contribution in [-0.4, -0.2) is 19.7 Å². The van der Waals surface area contributed by atoms with Crippen LogP contribution in [0.25, 0.3) is 0 Å². The van der Waals surface area contributed by atoms with Crippen LogP contribution in [0.2, 0.25) is 0 Å². The fourth-order valence-electron chi connectivity index (χ4n) is 2.48. The number of sulfonamides is 1. The van der Waals surface area contributed by atoms with E-state index in [0.29, 0.717) is 19.3 Å². The largest absolute Gasteiger partial charge is 0.231 e. The molecule has 1 N–H and O–H groups in total. The predicted octanol–water partition coefficient (Wildman–Crippen LogP) is 3.63. The molecule has 0 aromatic rings. The van der Waals surface area contributed by atoms with Gasteiger partial charge in [-0.25, -0.2) is 8.42 Å². The molecule has 0 heterocycles. The van der Waals surface area contributed by atoms with Gasteiger partial charge in [-0.05, 0) is 12.8 Å². The lowest BCUT2D eigenvalue weighted by atomic mass is 9.95. The average molecular weight is 327 g/mol. The van der Waals surface area contributed by atoms with Crippen molar-refractivity contribution < 1.29 is 8.42 Å². The first-order valence-electron chi connectivity index (χ1n) is 8.27. The number of hydrogen-bond acceptors (Lipinski definition) is 4. The molecule has 1 atom stereocenters. The minimum atomic E-state index is -3.80. The monoisotopic (exact) mass is 327 g/mol. The number of nitrogens with zero attached hydrogens (tertiary/aromatic N) is 2. The average Bonchev–Trinajstić information content (AvgIpc) is 2.51. The normalized spacial score (nSPS) is 14.0. The summed E-state index contributed by atoms with van der Waals surface area (Å²) in [5.41, 5.74) is 0. The van der Waals surface area contributed by atoms with Gasteiger partial charge in [0.15, 0.2) is 4.75 Å². The SMILES string of the molecule is CCCCCCCCC(C#N)(CCCC)S(=O)(=O)NCC#N. The Bertz CT molecular complexity index is 477. The van der Waals surface area contributed by atoms with Gasteiger partial charge in [-0.1, -0.05) is 65.2 Å². The highest BCUT2D eigenvalue weighted by atomic mass is 32.2. The molecule has 0 fully saturated rings. The Kier molecular flexibility index (Phi) is 10.9. The van der Waals surface area contributed by atoms with Crippen molar-refractivity contribution >= 4 is 10.0 Å². The summed E-state index contributed by atoms with van der Waals surface area (Å²) in [6.07, 6.45) is 8.49. The molecule has 0 aliphatic heterocycles. The van der Waals surface area contributed by atoms with Crippen molar-refractivity contribution in [2.24, 2.45) is 0 Å². The molecule has 0 saturated heterocycles. The van der Waals surface area contributed by atoms with Gasteiger partial charge in [-0.2, -0.15) is 15.2 Å². The van der Waals surface area contributed by atoms with Gasteiger partial charge < -0.3 is 0 Å². The molecule has 1 unspecified atom stereocenters. The van der Waals surface area contributed by atoms with Crippen LogP contribution in [0.1, 0.15) is 78.1 Å². The smallest absolute Gasteiger partial charge is 0.211 e. The van der Waals surface area contributed by atoms with Gasteiger partial charge in [-0.3, -0.25) is 0 Å². The zero-order chi connectivity index (χ0) is 16.9. The zero-order valence-corrected chi connectivity index (χ0v) is 14.7. The highest BCUT2D eigenvalue weighted by Crippen LogP contribution is 2.29. The van der Waals surface area contributed by atoms with Crippen molar-refractivity contribution in [3.8, 4) is 12.1 Å². The third-order valence-corrected chi connectivity index (χ3v) is 5.98. The molecule has 0 saturated carbocycles. The van der Waals surface area contributed by atoms with E-state index in [0.717, 1.165) is 32.1 Å². The Hall–Kier alpha value is -1.11. The maximum atomic E-state index is 12.4. The summed E-state index contributed by atoms with van der Waals surface area (Å²) in [4.78, 5) is 0. The first-order valence-corrected chi connectivity index (χ1v) is 9.75. The lowest BCUT2D eigenvalue weighted by molar-refractivity contribution is 0.472. The topological polar surface area (TPSA) is 93.8 Å². The summed E-state index contributed by atoms with van der Waals surface area (Å²) in [6, 6.07) is 3.81. The van der Waals surface area contributed by atoms with Crippen LogP contribution in [0.4, 0.5) is 0 Å². The Morgan fingerprint density at radius 3 is 2.00 bits per heavy atom. The van der Waals surface area contributed by atoms with Crippen LogP contribution in [0.5, 0.6) is 0 Å². The second-order valence-electron chi connectivity index (χ2n) is 5.71. The maximum Gasteiger partial charge on any atom is 0.231 e. The summed E-state index contributed by atoms with van der Waals surface area (Å²) >= 11 is 0. The quantitative estimate of drug-likeness (QED) is 0.413. The van der Waals surface area contributed by atoms with Crippen molar-refractivity contribution in [2.75, 3.05) is 6.54 Å². The van der Waals surface area contributed by atoms with Crippen molar-refractivity contribution in [2.45, 2.75) is 82.8 Å². The molecular formula is C16H29N3O2S. The van der Waals surface area contributed by atoms with Crippen LogP contribution in [0.3, 0.4) is 0 Å². The Morgan fingerprint density at radius 1 is 0.909 bits per heavy atom. The van der Waals surface area contributed by atoms with Gasteiger partial charge in [0.2, 0.25) is 10.0 Å². The van der Waals surface area contributed by atoms with Gasteiger partial charge >= 0.3 is 0 Å². The summed E-state index contributed by atoms with van der Waals surface area (Å²) in [5, 5.41) is 18.1. The van der Waals surface area contributed by atoms with E-state index in [9.17, 15) is 13.7 Å². The number of nitriles is 2. The molecule has 22 heavy (non-hydrogen) atoms. The summed E-state index contributed by atoms with van der Waals surface area (Å²) in [7, 11) is -3.80. The molecule has 0 rings (SSSR count). The van der Waals surface area contributed by atoms with E-state index in [1.54, 1.807) is 6.07 Å². The van der Waals surface area contributed by atoms with E-state index in [1.807, 2.05) is 13.0 Å². The number of rotatable bonds is 13. The third kappa shape index (κ3) is 6.77. The molecule has 0 amide bonds. The molecular weight excluding hydrogens is 298 g/mol. The lowest BCUT2D eigenvalue weighted by Gasteiger charge is -2.26. The van der Waals surface area contributed by atoms with Crippen LogP contribution >= 0.6 is 0 Å². The first kappa shape index (κ1) is 20.9. The van der Waals surface area contributed by atoms with Gasteiger partial charge in [-0.15, -0.1) is 0 Å². The molecule has 0 aromatic heterocycles. The second-order valence-corrected chi connectivity index (χ2v) is 7.79. The predicted molar refractivity (Wildman–Crippen MR) is 88.4 cm³/mol. The highest BCUT2D eigenvalue weighted by Gasteiger charge is 2.42. The number of nitrogens with one attached hydrogen (secondary N) is 1. The molecule has 126 valence electrons. The first-order chi connectivity index (χ1) is 10.5. The highest BCUT2D eigenvalue weighted by molar-refractivity contribution is 7.91. The molecule has 0 radical (unpaired) electrons. The van der Waals surface area contributed by atoms with Crippen LogP contribution in [0.15, 0.2) is 0 Å². The fraction of sp³-hybridized carbons (Fsp3) is 0.875. The van der Waals surface area contributed by atoms with Crippen molar-refractivity contribution in [3.05, 3.63) is 0 Å². The zero-order valence-electron chi connectivity index (χ0n) is 13.9. The van der Waals surface area contributed by atoms with E-state index in [4.69, 9.17) is 5.26 Å². The van der Waals surface area contributed by atoms with Gasteiger partial charge in [0, 0.05) is 0 Å². The molecule has 0 spiro atoms. The summed E-state index contributed by atoms with van der Waals surface area (Å²) < 4.78 is 25.7. The maximum absolute atomic E-state index is 12.4. The molecule has 0 bridgehead atoms. The Morgan fingerprint density at radius 2 is 1.45 bits per heavy atom. The van der Waals surface area contributed by atoms with Crippen LogP contribution < -0.4 is 4.72 Å². The van der Waals surface area contributed by atoms with E-state index >= 15 is 0 Å². The molecule has 0 aliphatic carbocycles. The molecule has 5 nitrogen and oxygen atoms in total.